The third-order valence-corrected chi connectivity index (χ3v) is 4.67. The molecule has 0 saturated carbocycles. The second kappa shape index (κ2) is 6.90. The Kier molecular flexibility index (Phi) is 4.43. The van der Waals surface area contributed by atoms with Gasteiger partial charge in [0.25, 0.3) is 0 Å². The van der Waals surface area contributed by atoms with Crippen LogP contribution in [0.1, 0.15) is 36.1 Å². The van der Waals surface area contributed by atoms with Gasteiger partial charge < -0.3 is 13.9 Å². The molecule has 5 heteroatoms. The lowest BCUT2D eigenvalue weighted by molar-refractivity contribution is -0.0401. The van der Waals surface area contributed by atoms with Gasteiger partial charge in [-0.05, 0) is 37.1 Å². The van der Waals surface area contributed by atoms with Crippen LogP contribution in [0.3, 0.4) is 0 Å². The van der Waals surface area contributed by atoms with E-state index in [4.69, 9.17) is 13.9 Å². The Balaban J connectivity index is 1.81. The van der Waals surface area contributed by atoms with Crippen molar-refractivity contribution in [3.05, 3.63) is 71.0 Å². The molecule has 0 aliphatic carbocycles. The molecule has 3 heterocycles. The first-order valence-electron chi connectivity index (χ1n) is 8.88. The lowest BCUT2D eigenvalue weighted by Crippen LogP contribution is -2.33. The van der Waals surface area contributed by atoms with Crippen LogP contribution in [0.5, 0.6) is 5.88 Å². The van der Waals surface area contributed by atoms with Crippen molar-refractivity contribution < 1.29 is 13.9 Å². The van der Waals surface area contributed by atoms with Crippen molar-refractivity contribution in [1.82, 2.24) is 4.98 Å². The summed E-state index contributed by atoms with van der Waals surface area (Å²) in [5, 5.41) is 9.83. The van der Waals surface area contributed by atoms with E-state index in [0.717, 1.165) is 16.7 Å². The number of fused-ring (bicyclic) bond motifs is 1. The van der Waals surface area contributed by atoms with Crippen LogP contribution in [-0.2, 0) is 24.4 Å². The molecule has 0 bridgehead atoms. The SMILES string of the molecule is CC1(C)Cc2c(C#N)c(OCc3ccccc3)nc(-c3ccco3)c2CO1. The summed E-state index contributed by atoms with van der Waals surface area (Å²) in [6, 6.07) is 15.8. The van der Waals surface area contributed by atoms with Gasteiger partial charge in [0, 0.05) is 12.0 Å². The lowest BCUT2D eigenvalue weighted by Gasteiger charge is -2.33. The highest BCUT2D eigenvalue weighted by atomic mass is 16.5. The highest BCUT2D eigenvalue weighted by Gasteiger charge is 2.33. The fourth-order valence-corrected chi connectivity index (χ4v) is 3.31. The van der Waals surface area contributed by atoms with E-state index < -0.39 is 0 Å². The number of nitriles is 1. The summed E-state index contributed by atoms with van der Waals surface area (Å²) in [4.78, 5) is 4.64. The van der Waals surface area contributed by atoms with Crippen molar-refractivity contribution in [1.29, 1.82) is 5.26 Å². The van der Waals surface area contributed by atoms with E-state index in [9.17, 15) is 5.26 Å². The van der Waals surface area contributed by atoms with Crippen LogP contribution in [0.15, 0.2) is 53.1 Å². The molecular formula is C22H20N2O3. The lowest BCUT2D eigenvalue weighted by atomic mass is 9.88. The molecule has 0 unspecified atom stereocenters. The molecule has 0 fully saturated rings. The minimum absolute atomic E-state index is 0.337. The second-order valence-corrected chi connectivity index (χ2v) is 7.19. The quantitative estimate of drug-likeness (QED) is 0.678. The molecule has 4 rings (SSSR count). The van der Waals surface area contributed by atoms with Crippen molar-refractivity contribution in [3.8, 4) is 23.4 Å². The number of pyridine rings is 1. The van der Waals surface area contributed by atoms with Gasteiger partial charge in [0.15, 0.2) is 5.76 Å². The highest BCUT2D eigenvalue weighted by molar-refractivity contribution is 5.65. The van der Waals surface area contributed by atoms with Gasteiger partial charge in [-0.2, -0.15) is 5.26 Å². The first-order valence-corrected chi connectivity index (χ1v) is 8.88. The van der Waals surface area contributed by atoms with Crippen molar-refractivity contribution in [2.45, 2.75) is 39.1 Å². The molecule has 1 aliphatic heterocycles. The maximum absolute atomic E-state index is 9.83. The standard InChI is InChI=1S/C22H20N2O3/c1-22(2)11-16-17(12-23)21(26-13-15-7-4-3-5-8-15)24-20(18(16)14-27-22)19-9-6-10-25-19/h3-10H,11,13-14H2,1-2H3. The predicted molar refractivity (Wildman–Crippen MR) is 100 cm³/mol. The maximum Gasteiger partial charge on any atom is 0.233 e. The molecule has 2 aromatic heterocycles. The van der Waals surface area contributed by atoms with Gasteiger partial charge in [-0.25, -0.2) is 4.98 Å². The Bertz CT molecular complexity index is 987. The van der Waals surface area contributed by atoms with Crippen LogP contribution in [0, 0.1) is 11.3 Å². The number of benzene rings is 1. The normalized spacial score (nSPS) is 15.0. The first-order chi connectivity index (χ1) is 13.1. The van der Waals surface area contributed by atoms with Gasteiger partial charge in [0.1, 0.15) is 23.9 Å². The molecule has 3 aromatic rings. The summed E-state index contributed by atoms with van der Waals surface area (Å²) in [7, 11) is 0. The molecule has 0 saturated heterocycles. The Hall–Kier alpha value is -3.10. The summed E-state index contributed by atoms with van der Waals surface area (Å²) in [5.41, 5.74) is 3.65. The zero-order valence-electron chi connectivity index (χ0n) is 15.4. The number of nitrogens with zero attached hydrogens (tertiary/aromatic N) is 2. The van der Waals surface area contributed by atoms with E-state index in [2.05, 4.69) is 11.1 Å². The summed E-state index contributed by atoms with van der Waals surface area (Å²) in [5.74, 6) is 0.979. The van der Waals surface area contributed by atoms with Gasteiger partial charge in [-0.1, -0.05) is 30.3 Å². The van der Waals surface area contributed by atoms with Crippen molar-refractivity contribution in [2.75, 3.05) is 0 Å². The third kappa shape index (κ3) is 3.44. The van der Waals surface area contributed by atoms with Gasteiger partial charge in [-0.15, -0.1) is 0 Å². The van der Waals surface area contributed by atoms with Crippen LogP contribution in [-0.4, -0.2) is 10.6 Å². The average molecular weight is 360 g/mol. The molecule has 0 spiro atoms. The molecule has 1 aromatic carbocycles. The van der Waals surface area contributed by atoms with Gasteiger partial charge in [0.05, 0.1) is 18.5 Å². The fourth-order valence-electron chi connectivity index (χ4n) is 3.31. The maximum atomic E-state index is 9.83. The van der Waals surface area contributed by atoms with E-state index in [1.54, 1.807) is 6.26 Å². The monoisotopic (exact) mass is 360 g/mol. The summed E-state index contributed by atoms with van der Waals surface area (Å²) >= 11 is 0. The van der Waals surface area contributed by atoms with Crippen molar-refractivity contribution in [2.24, 2.45) is 0 Å². The molecule has 0 N–H and O–H groups in total. The predicted octanol–water partition coefficient (Wildman–Crippen LogP) is 4.64. The Morgan fingerprint density at radius 2 is 1.96 bits per heavy atom. The van der Waals surface area contributed by atoms with Gasteiger partial charge in [0.2, 0.25) is 5.88 Å². The summed E-state index contributed by atoms with van der Waals surface area (Å²) < 4.78 is 17.5. The smallest absolute Gasteiger partial charge is 0.233 e. The number of furan rings is 1. The molecule has 0 radical (unpaired) electrons. The van der Waals surface area contributed by atoms with Crippen LogP contribution in [0.25, 0.3) is 11.5 Å². The second-order valence-electron chi connectivity index (χ2n) is 7.19. The van der Waals surface area contributed by atoms with Crippen LogP contribution >= 0.6 is 0 Å². The summed E-state index contributed by atoms with van der Waals surface area (Å²) in [6.07, 6.45) is 2.23. The van der Waals surface area contributed by atoms with E-state index in [0.29, 0.717) is 42.5 Å². The van der Waals surface area contributed by atoms with Gasteiger partial charge in [-0.3, -0.25) is 0 Å². The molecule has 0 amide bonds. The average Bonchev–Trinajstić information content (AvgIpc) is 3.20. The minimum atomic E-state index is -0.350. The molecule has 136 valence electrons. The van der Waals surface area contributed by atoms with Crippen molar-refractivity contribution >= 4 is 0 Å². The molecule has 27 heavy (non-hydrogen) atoms. The van der Waals surface area contributed by atoms with Gasteiger partial charge >= 0.3 is 0 Å². The van der Waals surface area contributed by atoms with E-state index in [1.165, 1.54) is 0 Å². The number of ether oxygens (including phenoxy) is 2. The van der Waals surface area contributed by atoms with Crippen molar-refractivity contribution in [3.63, 3.8) is 0 Å². The van der Waals surface area contributed by atoms with Crippen LogP contribution in [0.4, 0.5) is 0 Å². The Morgan fingerprint density at radius 3 is 2.67 bits per heavy atom. The topological polar surface area (TPSA) is 68.3 Å². The Morgan fingerprint density at radius 1 is 1.15 bits per heavy atom. The van der Waals surface area contributed by atoms with Crippen LogP contribution in [0.2, 0.25) is 0 Å². The Labute approximate surface area is 158 Å². The van der Waals surface area contributed by atoms with E-state index >= 15 is 0 Å². The molecular weight excluding hydrogens is 340 g/mol. The largest absolute Gasteiger partial charge is 0.472 e. The summed E-state index contributed by atoms with van der Waals surface area (Å²) in [6.45, 7) is 4.78. The first kappa shape index (κ1) is 17.3. The number of aromatic nitrogens is 1. The molecule has 1 aliphatic rings. The zero-order chi connectivity index (χ0) is 18.9. The highest BCUT2D eigenvalue weighted by Crippen LogP contribution is 2.38. The zero-order valence-corrected chi connectivity index (χ0v) is 15.4. The molecule has 5 nitrogen and oxygen atoms in total. The number of hydrogen-bond donors (Lipinski definition) is 0. The third-order valence-electron chi connectivity index (χ3n) is 4.67. The fraction of sp³-hybridized carbons (Fsp3) is 0.273. The number of hydrogen-bond acceptors (Lipinski definition) is 5. The van der Waals surface area contributed by atoms with E-state index in [1.807, 2.05) is 56.3 Å². The van der Waals surface area contributed by atoms with Crippen LogP contribution < -0.4 is 4.74 Å². The van der Waals surface area contributed by atoms with E-state index in [-0.39, 0.29) is 5.60 Å². The minimum Gasteiger partial charge on any atom is -0.472 e. The molecule has 0 atom stereocenters. The number of rotatable bonds is 4.